The minimum Gasteiger partial charge on any atom is -0.329 e. The third-order valence-electron chi connectivity index (χ3n) is 3.05. The van der Waals surface area contributed by atoms with E-state index in [1.807, 2.05) is 11.9 Å². The average Bonchev–Trinajstić information content (AvgIpc) is 2.25. The van der Waals surface area contributed by atoms with Crippen LogP contribution in [0.1, 0.15) is 0 Å². The van der Waals surface area contributed by atoms with Crippen LogP contribution in [0.5, 0.6) is 0 Å². The molecule has 0 aliphatic carbocycles. The highest BCUT2D eigenvalue weighted by atomic mass is 19.4. The van der Waals surface area contributed by atoms with Gasteiger partial charge in [-0.25, -0.2) is 0 Å². The molecule has 1 heterocycles. The van der Waals surface area contributed by atoms with E-state index in [4.69, 9.17) is 11.0 Å². The topological polar surface area (TPSA) is 56.3 Å². The lowest BCUT2D eigenvalue weighted by atomic mass is 10.1. The Kier molecular flexibility index (Phi) is 4.74. The Balaban J connectivity index is 2.63. The van der Waals surface area contributed by atoms with E-state index < -0.39 is 12.1 Å². The normalized spacial score (nSPS) is 25.5. The van der Waals surface area contributed by atoms with Crippen LogP contribution in [0.2, 0.25) is 0 Å². The Morgan fingerprint density at radius 1 is 1.47 bits per heavy atom. The predicted molar refractivity (Wildman–Crippen MR) is 57.1 cm³/mol. The number of hydrogen-bond acceptors (Lipinski definition) is 4. The van der Waals surface area contributed by atoms with Crippen LogP contribution >= 0.6 is 0 Å². The Morgan fingerprint density at radius 2 is 2.12 bits per heavy atom. The zero-order chi connectivity index (χ0) is 13.1. The van der Waals surface area contributed by atoms with Crippen molar-refractivity contribution in [1.29, 1.82) is 5.26 Å². The molecule has 17 heavy (non-hydrogen) atoms. The standard InChI is InChI=1S/C10H17F3N4/c1-16-2-3-17(9(5-15)7-16)6-8(4-14)10(11,12)13/h8-9H,2-3,5-7,15H2,1H3. The molecule has 2 atom stereocenters. The van der Waals surface area contributed by atoms with E-state index in [1.54, 1.807) is 4.90 Å². The van der Waals surface area contributed by atoms with Crippen molar-refractivity contribution in [3.05, 3.63) is 0 Å². The van der Waals surface area contributed by atoms with E-state index in [-0.39, 0.29) is 12.6 Å². The molecule has 0 amide bonds. The third kappa shape index (κ3) is 3.84. The first-order valence-corrected chi connectivity index (χ1v) is 5.47. The van der Waals surface area contributed by atoms with Crippen molar-refractivity contribution >= 4 is 0 Å². The molecule has 4 nitrogen and oxygen atoms in total. The SMILES string of the molecule is CN1CCN(CC(C#N)C(F)(F)F)C(CN)C1. The molecule has 2 N–H and O–H groups in total. The number of hydrogen-bond donors (Lipinski definition) is 1. The van der Waals surface area contributed by atoms with Crippen molar-refractivity contribution in [3.8, 4) is 6.07 Å². The van der Waals surface area contributed by atoms with Crippen molar-refractivity contribution in [3.63, 3.8) is 0 Å². The molecule has 0 aromatic heterocycles. The van der Waals surface area contributed by atoms with Crippen LogP contribution in [0.4, 0.5) is 13.2 Å². The fraction of sp³-hybridized carbons (Fsp3) is 0.900. The number of rotatable bonds is 3. The van der Waals surface area contributed by atoms with Crippen LogP contribution in [0.25, 0.3) is 0 Å². The Morgan fingerprint density at radius 3 is 2.59 bits per heavy atom. The lowest BCUT2D eigenvalue weighted by Gasteiger charge is -2.40. The van der Waals surface area contributed by atoms with Gasteiger partial charge in [0.15, 0.2) is 5.92 Å². The minimum atomic E-state index is -4.46. The van der Waals surface area contributed by atoms with Crippen molar-refractivity contribution in [2.45, 2.75) is 12.2 Å². The van der Waals surface area contributed by atoms with Gasteiger partial charge >= 0.3 is 6.18 Å². The minimum absolute atomic E-state index is 0.105. The highest BCUT2D eigenvalue weighted by Crippen LogP contribution is 2.27. The summed E-state index contributed by atoms with van der Waals surface area (Å²) in [6.07, 6.45) is -4.46. The molecule has 2 unspecified atom stereocenters. The summed E-state index contributed by atoms with van der Waals surface area (Å²) in [7, 11) is 1.91. The smallest absolute Gasteiger partial charge is 0.329 e. The molecule has 0 spiro atoms. The third-order valence-corrected chi connectivity index (χ3v) is 3.05. The molecular formula is C10H17F3N4. The lowest BCUT2D eigenvalue weighted by molar-refractivity contribution is -0.165. The van der Waals surface area contributed by atoms with Gasteiger partial charge in [0.2, 0.25) is 0 Å². The number of nitrogens with zero attached hydrogens (tertiary/aromatic N) is 3. The molecule has 1 saturated heterocycles. The molecule has 0 saturated carbocycles. The van der Waals surface area contributed by atoms with E-state index >= 15 is 0 Å². The molecule has 0 aromatic rings. The molecule has 98 valence electrons. The van der Waals surface area contributed by atoms with Crippen LogP contribution < -0.4 is 5.73 Å². The van der Waals surface area contributed by atoms with Crippen LogP contribution in [0.15, 0.2) is 0 Å². The maximum Gasteiger partial charge on any atom is 0.405 e. The lowest BCUT2D eigenvalue weighted by Crippen LogP contribution is -2.56. The highest BCUT2D eigenvalue weighted by Gasteiger charge is 2.42. The Hall–Kier alpha value is -0.840. The summed E-state index contributed by atoms with van der Waals surface area (Å²) in [6.45, 7) is 1.89. The van der Waals surface area contributed by atoms with Crippen molar-refractivity contribution in [2.24, 2.45) is 11.7 Å². The largest absolute Gasteiger partial charge is 0.405 e. The maximum absolute atomic E-state index is 12.5. The monoisotopic (exact) mass is 250 g/mol. The molecule has 1 aliphatic heterocycles. The van der Waals surface area contributed by atoms with Crippen LogP contribution in [0.3, 0.4) is 0 Å². The number of halogens is 3. The quantitative estimate of drug-likeness (QED) is 0.781. The second-order valence-corrected chi connectivity index (χ2v) is 4.37. The molecular weight excluding hydrogens is 233 g/mol. The summed E-state index contributed by atoms with van der Waals surface area (Å²) >= 11 is 0. The second kappa shape index (κ2) is 5.67. The van der Waals surface area contributed by atoms with Gasteiger partial charge in [0.05, 0.1) is 6.07 Å². The highest BCUT2D eigenvalue weighted by molar-refractivity contribution is 4.93. The number of nitriles is 1. The van der Waals surface area contributed by atoms with Crippen molar-refractivity contribution in [1.82, 2.24) is 9.80 Å². The van der Waals surface area contributed by atoms with Gasteiger partial charge in [-0.3, -0.25) is 4.90 Å². The first kappa shape index (κ1) is 14.2. The molecule has 0 radical (unpaired) electrons. The van der Waals surface area contributed by atoms with E-state index in [0.717, 1.165) is 0 Å². The summed E-state index contributed by atoms with van der Waals surface area (Å²) in [4.78, 5) is 3.70. The molecule has 1 fully saturated rings. The van der Waals surface area contributed by atoms with Gasteiger partial charge in [-0.05, 0) is 7.05 Å². The number of likely N-dealkylation sites (N-methyl/N-ethyl adjacent to an activating group) is 1. The van der Waals surface area contributed by atoms with Gasteiger partial charge in [-0.1, -0.05) is 0 Å². The number of piperazine rings is 1. The Bertz CT molecular complexity index is 286. The van der Waals surface area contributed by atoms with E-state index in [2.05, 4.69) is 0 Å². The van der Waals surface area contributed by atoms with Crippen LogP contribution in [-0.4, -0.2) is 61.8 Å². The second-order valence-electron chi connectivity index (χ2n) is 4.37. The van der Waals surface area contributed by atoms with Crippen molar-refractivity contribution in [2.75, 3.05) is 39.8 Å². The summed E-state index contributed by atoms with van der Waals surface area (Å²) in [5.41, 5.74) is 5.55. The predicted octanol–water partition coefficient (Wildman–Crippen LogP) is 0.263. The summed E-state index contributed by atoms with van der Waals surface area (Å²) in [5.74, 6) is -1.93. The first-order valence-electron chi connectivity index (χ1n) is 5.47. The first-order chi connectivity index (χ1) is 7.88. The van der Waals surface area contributed by atoms with Gasteiger partial charge in [0, 0.05) is 38.8 Å². The van der Waals surface area contributed by atoms with E-state index in [1.165, 1.54) is 6.07 Å². The van der Waals surface area contributed by atoms with E-state index in [9.17, 15) is 13.2 Å². The van der Waals surface area contributed by atoms with Gasteiger partial charge in [-0.15, -0.1) is 0 Å². The average molecular weight is 250 g/mol. The van der Waals surface area contributed by atoms with Crippen molar-refractivity contribution < 1.29 is 13.2 Å². The number of alkyl halides is 3. The van der Waals surface area contributed by atoms with Crippen LogP contribution in [-0.2, 0) is 0 Å². The van der Waals surface area contributed by atoms with Gasteiger partial charge in [-0.2, -0.15) is 18.4 Å². The fourth-order valence-corrected chi connectivity index (χ4v) is 1.96. The zero-order valence-corrected chi connectivity index (χ0v) is 9.74. The molecule has 7 heteroatoms. The molecule has 1 rings (SSSR count). The summed E-state index contributed by atoms with van der Waals surface area (Å²) < 4.78 is 37.5. The van der Waals surface area contributed by atoms with Gasteiger partial charge < -0.3 is 10.6 Å². The summed E-state index contributed by atoms with van der Waals surface area (Å²) in [6, 6.07) is 1.22. The van der Waals surface area contributed by atoms with Gasteiger partial charge in [0.25, 0.3) is 0 Å². The van der Waals surface area contributed by atoms with E-state index in [0.29, 0.717) is 26.2 Å². The fourth-order valence-electron chi connectivity index (χ4n) is 1.96. The molecule has 1 aliphatic rings. The Labute approximate surface area is 98.8 Å². The zero-order valence-electron chi connectivity index (χ0n) is 9.74. The summed E-state index contributed by atoms with van der Waals surface area (Å²) in [5, 5.41) is 8.56. The van der Waals surface area contributed by atoms with Gasteiger partial charge in [0.1, 0.15) is 0 Å². The van der Waals surface area contributed by atoms with Crippen LogP contribution in [0, 0.1) is 17.2 Å². The molecule has 0 bridgehead atoms. The number of nitrogens with two attached hydrogens (primary N) is 1. The maximum atomic E-state index is 12.5. The molecule has 0 aromatic carbocycles.